The van der Waals surface area contributed by atoms with Crippen molar-refractivity contribution in [3.63, 3.8) is 0 Å². The van der Waals surface area contributed by atoms with Crippen LogP contribution in [-0.2, 0) is 33.8 Å². The molecule has 2 saturated heterocycles. The van der Waals surface area contributed by atoms with Crippen LogP contribution in [0.4, 0.5) is 4.39 Å². The van der Waals surface area contributed by atoms with E-state index in [1.807, 2.05) is 12.1 Å². The number of aromatic nitrogens is 2. The van der Waals surface area contributed by atoms with Gasteiger partial charge in [-0.15, -0.1) is 0 Å². The minimum atomic E-state index is -1.27. The molecule has 1 N–H and O–H groups in total. The summed E-state index contributed by atoms with van der Waals surface area (Å²) < 4.78 is 35.6. The van der Waals surface area contributed by atoms with Gasteiger partial charge in [-0.25, -0.2) is 9.37 Å². The van der Waals surface area contributed by atoms with Gasteiger partial charge in [-0.1, -0.05) is 23.7 Å². The molecular weight excluding hydrogens is 585 g/mol. The SMILES string of the molecule is Cc1nc(CN2CCC(c3cccc4c3OC(C)(c3ccc(Cl)cc3F)O4)CC2)n(CC2CCO2)c1C12CC(C(=O)O)(C1)C2. The maximum Gasteiger partial charge on any atom is 0.309 e. The fraction of sp³-hybridized carbons (Fsp3) is 0.529. The van der Waals surface area contributed by atoms with Crippen molar-refractivity contribution in [2.75, 3.05) is 19.7 Å². The molecular formula is C34H37ClFN3O5. The third-order valence-corrected chi connectivity index (χ3v) is 11.0. The summed E-state index contributed by atoms with van der Waals surface area (Å²) in [5.41, 5.74) is 3.10. The quantitative estimate of drug-likeness (QED) is 0.316. The zero-order valence-corrected chi connectivity index (χ0v) is 25.8. The number of carboxylic acids is 1. The maximum absolute atomic E-state index is 14.8. The lowest BCUT2D eigenvalue weighted by Gasteiger charge is -2.68. The van der Waals surface area contributed by atoms with E-state index in [-0.39, 0.29) is 17.4 Å². The number of hydrogen-bond acceptors (Lipinski definition) is 6. The second-order valence-electron chi connectivity index (χ2n) is 13.7. The number of hydrogen-bond donors (Lipinski definition) is 1. The Kier molecular flexibility index (Phi) is 6.40. The Bertz CT molecular complexity index is 1640. The third-order valence-electron chi connectivity index (χ3n) is 10.8. The Hall–Kier alpha value is -3.14. The molecule has 3 aliphatic carbocycles. The minimum absolute atomic E-state index is 0.0519. The smallest absolute Gasteiger partial charge is 0.309 e. The van der Waals surface area contributed by atoms with Crippen molar-refractivity contribution in [1.29, 1.82) is 0 Å². The second kappa shape index (κ2) is 9.93. The first kappa shape index (κ1) is 28.3. The molecule has 0 radical (unpaired) electrons. The number of benzene rings is 2. The van der Waals surface area contributed by atoms with Gasteiger partial charge >= 0.3 is 5.97 Å². The number of carbonyl (C=O) groups is 1. The Morgan fingerprint density at radius 2 is 1.89 bits per heavy atom. The third kappa shape index (κ3) is 4.30. The molecule has 0 amide bonds. The molecule has 232 valence electrons. The summed E-state index contributed by atoms with van der Waals surface area (Å²) in [6.45, 7) is 7.98. The predicted molar refractivity (Wildman–Crippen MR) is 161 cm³/mol. The van der Waals surface area contributed by atoms with Crippen molar-refractivity contribution in [1.82, 2.24) is 14.5 Å². The molecule has 2 unspecified atom stereocenters. The van der Waals surface area contributed by atoms with E-state index >= 15 is 0 Å². The highest BCUT2D eigenvalue weighted by Crippen LogP contribution is 2.74. The first-order chi connectivity index (χ1) is 21.1. The number of ether oxygens (including phenoxy) is 3. The van der Waals surface area contributed by atoms with E-state index in [1.165, 1.54) is 11.8 Å². The second-order valence-corrected chi connectivity index (χ2v) is 14.2. The number of likely N-dealkylation sites (tertiary alicyclic amines) is 1. The van der Waals surface area contributed by atoms with Crippen molar-refractivity contribution in [2.24, 2.45) is 5.41 Å². The number of carboxylic acid groups (broad SMARTS) is 1. The zero-order valence-electron chi connectivity index (χ0n) is 25.1. The monoisotopic (exact) mass is 621 g/mol. The van der Waals surface area contributed by atoms with Crippen LogP contribution in [0.1, 0.15) is 79.7 Å². The summed E-state index contributed by atoms with van der Waals surface area (Å²) >= 11 is 5.99. The molecule has 1 aromatic heterocycles. The van der Waals surface area contributed by atoms with Gasteiger partial charge in [-0.05, 0) is 88.7 Å². The number of para-hydroxylation sites is 1. The molecule has 3 aliphatic heterocycles. The molecule has 5 fully saturated rings. The summed E-state index contributed by atoms with van der Waals surface area (Å²) in [6.07, 6.45) is 5.30. The largest absolute Gasteiger partial charge is 0.481 e. The molecule has 3 aromatic rings. The summed E-state index contributed by atoms with van der Waals surface area (Å²) in [5.74, 6) is 0.277. The van der Waals surface area contributed by atoms with Gasteiger partial charge < -0.3 is 23.9 Å². The number of aryl methyl sites for hydroxylation is 1. The molecule has 8 nitrogen and oxygen atoms in total. The number of piperidine rings is 1. The van der Waals surface area contributed by atoms with Gasteiger partial charge in [-0.3, -0.25) is 9.69 Å². The highest BCUT2D eigenvalue weighted by atomic mass is 35.5. The number of nitrogens with zero attached hydrogens (tertiary/aromatic N) is 3. The number of fused-ring (bicyclic) bond motifs is 1. The summed E-state index contributed by atoms with van der Waals surface area (Å²) in [7, 11) is 0. The molecule has 6 aliphatic rings. The van der Waals surface area contributed by atoms with E-state index in [9.17, 15) is 14.3 Å². The van der Waals surface area contributed by atoms with Crippen LogP contribution in [0.5, 0.6) is 11.5 Å². The van der Waals surface area contributed by atoms with Crippen LogP contribution >= 0.6 is 11.6 Å². The zero-order chi connectivity index (χ0) is 30.4. The van der Waals surface area contributed by atoms with E-state index < -0.39 is 23.0 Å². The lowest BCUT2D eigenvalue weighted by atomic mass is 9.34. The molecule has 2 atom stereocenters. The molecule has 2 bridgehead atoms. The van der Waals surface area contributed by atoms with Crippen LogP contribution < -0.4 is 9.47 Å². The van der Waals surface area contributed by atoms with E-state index in [0.717, 1.165) is 88.4 Å². The molecule has 2 aromatic carbocycles. The van der Waals surface area contributed by atoms with Crippen LogP contribution in [0.2, 0.25) is 5.02 Å². The Morgan fingerprint density at radius 1 is 1.14 bits per heavy atom. The molecule has 10 heteroatoms. The van der Waals surface area contributed by atoms with Crippen molar-refractivity contribution >= 4 is 17.6 Å². The Morgan fingerprint density at radius 3 is 2.55 bits per heavy atom. The van der Waals surface area contributed by atoms with Crippen LogP contribution in [0.15, 0.2) is 36.4 Å². The lowest BCUT2D eigenvalue weighted by Crippen LogP contribution is -2.68. The van der Waals surface area contributed by atoms with E-state index in [2.05, 4.69) is 22.5 Å². The first-order valence-corrected chi connectivity index (χ1v) is 16.1. The van der Waals surface area contributed by atoms with Crippen molar-refractivity contribution < 1.29 is 28.5 Å². The number of aliphatic carboxylic acids is 1. The molecule has 0 spiro atoms. The van der Waals surface area contributed by atoms with Crippen LogP contribution in [0.25, 0.3) is 0 Å². The van der Waals surface area contributed by atoms with Gasteiger partial charge in [0, 0.05) is 35.2 Å². The standard InChI is InChI=1S/C34H37ClFN3O5/c1-20-30(33-17-34(18-33,19-33)31(40)41)39(15-23-10-13-42-23)28(37-20)16-38-11-8-21(9-12-38)24-4-3-5-27-29(24)44-32(2,43-27)25-7-6-22(35)14-26(25)36/h3-7,14,21,23H,8-13,15-19H2,1-2H3,(H,40,41). The van der Waals surface area contributed by atoms with Gasteiger partial charge in [0.2, 0.25) is 0 Å². The highest BCUT2D eigenvalue weighted by Gasteiger charge is 2.73. The first-order valence-electron chi connectivity index (χ1n) is 15.7. The highest BCUT2D eigenvalue weighted by molar-refractivity contribution is 6.30. The van der Waals surface area contributed by atoms with Crippen molar-refractivity contribution in [3.8, 4) is 11.5 Å². The van der Waals surface area contributed by atoms with Crippen molar-refractivity contribution in [2.45, 2.75) is 88.7 Å². The van der Waals surface area contributed by atoms with Gasteiger partial charge in [0.15, 0.2) is 11.5 Å². The minimum Gasteiger partial charge on any atom is -0.481 e. The topological polar surface area (TPSA) is 86.0 Å². The average molecular weight is 622 g/mol. The Balaban J connectivity index is 0.978. The Labute approximate surface area is 261 Å². The molecule has 9 rings (SSSR count). The summed E-state index contributed by atoms with van der Waals surface area (Å²) in [5, 5.41) is 10.0. The fourth-order valence-corrected chi connectivity index (χ4v) is 8.71. The average Bonchev–Trinajstić information content (AvgIpc) is 3.41. The van der Waals surface area contributed by atoms with E-state index in [0.29, 0.717) is 22.1 Å². The van der Waals surface area contributed by atoms with Crippen LogP contribution in [-0.4, -0.2) is 51.3 Å². The van der Waals surface area contributed by atoms with Gasteiger partial charge in [0.05, 0.1) is 35.9 Å². The molecule has 44 heavy (non-hydrogen) atoms. The van der Waals surface area contributed by atoms with Gasteiger partial charge in [-0.2, -0.15) is 0 Å². The molecule has 3 saturated carbocycles. The van der Waals surface area contributed by atoms with Gasteiger partial charge in [0.1, 0.15) is 11.6 Å². The number of halogens is 2. The van der Waals surface area contributed by atoms with E-state index in [1.54, 1.807) is 19.1 Å². The number of imidazole rings is 1. The summed E-state index contributed by atoms with van der Waals surface area (Å²) in [6, 6.07) is 10.5. The summed E-state index contributed by atoms with van der Waals surface area (Å²) in [4.78, 5) is 19.4. The van der Waals surface area contributed by atoms with Gasteiger partial charge in [0.25, 0.3) is 5.79 Å². The maximum atomic E-state index is 14.8. The normalized spacial score (nSPS) is 30.9. The number of rotatable bonds is 8. The van der Waals surface area contributed by atoms with Crippen LogP contribution in [0.3, 0.4) is 0 Å². The van der Waals surface area contributed by atoms with Crippen molar-refractivity contribution in [3.05, 3.63) is 75.6 Å². The fourth-order valence-electron chi connectivity index (χ4n) is 8.56. The lowest BCUT2D eigenvalue weighted by molar-refractivity contribution is -0.196. The van der Waals surface area contributed by atoms with Crippen LogP contribution in [0, 0.1) is 18.2 Å². The predicted octanol–water partition coefficient (Wildman–Crippen LogP) is 6.30. The van der Waals surface area contributed by atoms with E-state index in [4.69, 9.17) is 30.8 Å². The molecule has 4 heterocycles.